The summed E-state index contributed by atoms with van der Waals surface area (Å²) in [4.78, 5) is 23.7. The van der Waals surface area contributed by atoms with Crippen LogP contribution in [0.4, 0.5) is 5.00 Å². The number of thiophene rings is 1. The van der Waals surface area contributed by atoms with Gasteiger partial charge in [0.05, 0.1) is 10.8 Å². The van der Waals surface area contributed by atoms with Crippen LogP contribution in [-0.2, 0) is 4.79 Å². The third-order valence-electron chi connectivity index (χ3n) is 3.60. The zero-order valence-electron chi connectivity index (χ0n) is 14.1. The molecule has 0 fully saturated rings. The minimum atomic E-state index is -0.582. The van der Waals surface area contributed by atoms with Crippen LogP contribution in [0.1, 0.15) is 22.8 Å². The van der Waals surface area contributed by atoms with Gasteiger partial charge in [-0.15, -0.1) is 21.5 Å². The lowest BCUT2D eigenvalue weighted by Crippen LogP contribution is -2.23. The Bertz CT molecular complexity index is 951. The maximum atomic E-state index is 12.4. The average Bonchev–Trinajstić information content (AvgIpc) is 3.24. The molecule has 1 unspecified atom stereocenters. The van der Waals surface area contributed by atoms with Crippen molar-refractivity contribution in [3.8, 4) is 11.5 Å². The molecule has 0 spiro atoms. The van der Waals surface area contributed by atoms with Crippen LogP contribution in [0.5, 0.6) is 0 Å². The second-order valence-electron chi connectivity index (χ2n) is 5.47. The van der Waals surface area contributed by atoms with Crippen molar-refractivity contribution in [1.82, 2.24) is 10.2 Å². The topological polar surface area (TPSA) is 111 Å². The van der Waals surface area contributed by atoms with Crippen molar-refractivity contribution in [2.24, 2.45) is 5.73 Å². The summed E-state index contributed by atoms with van der Waals surface area (Å²) in [5, 5.41) is 12.7. The van der Waals surface area contributed by atoms with E-state index in [1.54, 1.807) is 18.4 Å². The van der Waals surface area contributed by atoms with Crippen LogP contribution in [0.2, 0.25) is 0 Å². The summed E-state index contributed by atoms with van der Waals surface area (Å²) >= 11 is 2.38. The number of primary amides is 1. The molecule has 0 saturated heterocycles. The van der Waals surface area contributed by atoms with E-state index in [9.17, 15) is 9.59 Å². The molecule has 3 aromatic rings. The zero-order valence-corrected chi connectivity index (χ0v) is 15.7. The summed E-state index contributed by atoms with van der Waals surface area (Å²) in [5.41, 5.74) is 7.45. The number of amides is 2. The molecular weight excluding hydrogens is 372 g/mol. The predicted molar refractivity (Wildman–Crippen MR) is 101 cm³/mol. The van der Waals surface area contributed by atoms with E-state index < -0.39 is 11.2 Å². The molecule has 0 aliphatic rings. The van der Waals surface area contributed by atoms with Crippen LogP contribution >= 0.6 is 23.1 Å². The Kier molecular flexibility index (Phi) is 5.38. The first-order chi connectivity index (χ1) is 12.5. The van der Waals surface area contributed by atoms with Crippen LogP contribution < -0.4 is 11.1 Å². The van der Waals surface area contributed by atoms with Crippen molar-refractivity contribution >= 4 is 39.9 Å². The molecule has 0 radical (unpaired) electrons. The molecule has 0 bridgehead atoms. The normalized spacial score (nSPS) is 11.9. The minimum Gasteiger partial charge on any atom is -0.411 e. The highest BCUT2D eigenvalue weighted by molar-refractivity contribution is 8.00. The molecule has 1 atom stereocenters. The second-order valence-corrected chi connectivity index (χ2v) is 7.67. The first-order valence-electron chi connectivity index (χ1n) is 7.70. The maximum absolute atomic E-state index is 12.4. The monoisotopic (exact) mass is 388 g/mol. The fourth-order valence-electron chi connectivity index (χ4n) is 2.20. The molecule has 7 nitrogen and oxygen atoms in total. The number of benzene rings is 1. The number of aryl methyl sites for hydroxylation is 1. The summed E-state index contributed by atoms with van der Waals surface area (Å²) in [5.74, 6) is -0.454. The van der Waals surface area contributed by atoms with Gasteiger partial charge in [-0.2, -0.15) is 0 Å². The molecule has 3 N–H and O–H groups in total. The average molecular weight is 388 g/mol. The standard InChI is InChI=1S/C17H16N4O3S2/c1-9-5-3-4-6-11(9)15-20-21-17(24-15)26-10(2)14(23)19-16-12(13(18)22)7-8-25-16/h3-8,10H,1-2H3,(H2,18,22)(H,19,23). The van der Waals surface area contributed by atoms with E-state index >= 15 is 0 Å². The number of carbonyl (C=O) groups excluding carboxylic acids is 2. The number of hydrogen-bond acceptors (Lipinski definition) is 7. The number of nitrogens with one attached hydrogen (secondary N) is 1. The van der Waals surface area contributed by atoms with Crippen molar-refractivity contribution in [3.63, 3.8) is 0 Å². The van der Waals surface area contributed by atoms with E-state index in [-0.39, 0.29) is 5.91 Å². The number of hydrogen-bond donors (Lipinski definition) is 2. The lowest BCUT2D eigenvalue weighted by Gasteiger charge is -2.09. The number of nitrogens with two attached hydrogens (primary N) is 1. The Hall–Kier alpha value is -2.65. The zero-order chi connectivity index (χ0) is 18.7. The molecule has 9 heteroatoms. The van der Waals surface area contributed by atoms with Gasteiger partial charge in [0.15, 0.2) is 0 Å². The van der Waals surface area contributed by atoms with Gasteiger partial charge in [-0.25, -0.2) is 0 Å². The van der Waals surface area contributed by atoms with Gasteiger partial charge < -0.3 is 15.5 Å². The Morgan fingerprint density at radius 2 is 2.04 bits per heavy atom. The fourth-order valence-corrected chi connectivity index (χ4v) is 3.68. The van der Waals surface area contributed by atoms with Crippen LogP contribution in [0.15, 0.2) is 45.4 Å². The number of carbonyl (C=O) groups is 2. The van der Waals surface area contributed by atoms with Gasteiger partial charge in [0, 0.05) is 5.56 Å². The maximum Gasteiger partial charge on any atom is 0.277 e. The van der Waals surface area contributed by atoms with Gasteiger partial charge in [-0.1, -0.05) is 30.0 Å². The van der Waals surface area contributed by atoms with Gasteiger partial charge in [-0.05, 0) is 36.9 Å². The first-order valence-corrected chi connectivity index (χ1v) is 9.46. The highest BCUT2D eigenvalue weighted by Gasteiger charge is 2.21. The van der Waals surface area contributed by atoms with Gasteiger partial charge in [0.2, 0.25) is 11.8 Å². The molecule has 0 aliphatic heterocycles. The van der Waals surface area contributed by atoms with E-state index in [1.807, 2.05) is 31.2 Å². The Morgan fingerprint density at radius 1 is 1.27 bits per heavy atom. The number of rotatable bonds is 6. The van der Waals surface area contributed by atoms with Crippen LogP contribution in [0.3, 0.4) is 0 Å². The summed E-state index contributed by atoms with van der Waals surface area (Å²) in [6.45, 7) is 3.68. The van der Waals surface area contributed by atoms with Crippen molar-refractivity contribution in [2.75, 3.05) is 5.32 Å². The van der Waals surface area contributed by atoms with Crippen molar-refractivity contribution in [3.05, 3.63) is 46.8 Å². The highest BCUT2D eigenvalue weighted by Crippen LogP contribution is 2.29. The molecule has 134 valence electrons. The molecule has 0 aliphatic carbocycles. The van der Waals surface area contributed by atoms with Crippen molar-refractivity contribution in [1.29, 1.82) is 0 Å². The number of thioether (sulfide) groups is 1. The van der Waals surface area contributed by atoms with Crippen LogP contribution in [0.25, 0.3) is 11.5 Å². The third kappa shape index (κ3) is 3.94. The van der Waals surface area contributed by atoms with Crippen molar-refractivity contribution in [2.45, 2.75) is 24.3 Å². The molecule has 3 rings (SSSR count). The smallest absolute Gasteiger partial charge is 0.277 e. The summed E-state index contributed by atoms with van der Waals surface area (Å²) in [6, 6.07) is 9.26. The Balaban J connectivity index is 1.67. The second kappa shape index (κ2) is 7.71. The first kappa shape index (κ1) is 18.2. The number of anilines is 1. The number of aromatic nitrogens is 2. The van der Waals surface area contributed by atoms with E-state index in [4.69, 9.17) is 10.2 Å². The third-order valence-corrected chi connectivity index (χ3v) is 5.36. The number of nitrogens with zero attached hydrogens (tertiary/aromatic N) is 2. The molecular formula is C17H16N4O3S2. The molecule has 1 aromatic carbocycles. The van der Waals surface area contributed by atoms with Crippen LogP contribution in [-0.4, -0.2) is 27.3 Å². The molecule has 2 heterocycles. The molecule has 0 saturated carbocycles. The van der Waals surface area contributed by atoms with E-state index in [0.717, 1.165) is 22.9 Å². The predicted octanol–water partition coefficient (Wildman–Crippen LogP) is 3.32. The Labute approximate surface area is 158 Å². The quantitative estimate of drug-likeness (QED) is 0.627. The molecule has 2 aromatic heterocycles. The van der Waals surface area contributed by atoms with Gasteiger partial charge >= 0.3 is 0 Å². The van der Waals surface area contributed by atoms with Crippen molar-refractivity contribution < 1.29 is 14.0 Å². The van der Waals surface area contributed by atoms with Crippen LogP contribution in [0, 0.1) is 6.92 Å². The summed E-state index contributed by atoms with van der Waals surface area (Å²) in [6.07, 6.45) is 0. The lowest BCUT2D eigenvalue weighted by atomic mass is 10.1. The van der Waals surface area contributed by atoms with Gasteiger partial charge in [0.1, 0.15) is 5.00 Å². The van der Waals surface area contributed by atoms with E-state index in [1.165, 1.54) is 11.3 Å². The SMILES string of the molecule is Cc1ccccc1-c1nnc(SC(C)C(=O)Nc2sccc2C(N)=O)o1. The van der Waals surface area contributed by atoms with E-state index in [2.05, 4.69) is 15.5 Å². The van der Waals surface area contributed by atoms with Gasteiger partial charge in [0.25, 0.3) is 11.1 Å². The van der Waals surface area contributed by atoms with E-state index in [0.29, 0.717) is 21.7 Å². The largest absolute Gasteiger partial charge is 0.411 e. The highest BCUT2D eigenvalue weighted by atomic mass is 32.2. The fraction of sp³-hybridized carbons (Fsp3) is 0.176. The summed E-state index contributed by atoms with van der Waals surface area (Å²) < 4.78 is 5.66. The lowest BCUT2D eigenvalue weighted by molar-refractivity contribution is -0.115. The summed E-state index contributed by atoms with van der Waals surface area (Å²) in [7, 11) is 0. The molecule has 2 amide bonds. The van der Waals surface area contributed by atoms with Gasteiger partial charge in [-0.3, -0.25) is 9.59 Å². The molecule has 26 heavy (non-hydrogen) atoms. The minimum absolute atomic E-state index is 0.282. The Morgan fingerprint density at radius 3 is 2.77 bits per heavy atom.